The molecule has 0 N–H and O–H groups in total. The van der Waals surface area contributed by atoms with Crippen molar-refractivity contribution in [2.45, 2.75) is 26.2 Å². The summed E-state index contributed by atoms with van der Waals surface area (Å²) in [4.78, 5) is 28.2. The van der Waals surface area contributed by atoms with Crippen LogP contribution in [0, 0.1) is 0 Å². The zero-order valence-electron chi connectivity index (χ0n) is 16.5. The molecule has 2 rings (SSSR count). The number of ether oxygens (including phenoxy) is 3. The van der Waals surface area contributed by atoms with Crippen LogP contribution in [0.25, 0.3) is 0 Å². The Morgan fingerprint density at radius 1 is 1.00 bits per heavy atom. The number of amides is 1. The Bertz CT molecular complexity index is 613. The molecule has 0 atom stereocenters. The highest BCUT2D eigenvalue weighted by Crippen LogP contribution is 2.23. The van der Waals surface area contributed by atoms with Crippen LogP contribution in [0.5, 0.6) is 11.5 Å². The summed E-state index contributed by atoms with van der Waals surface area (Å²) in [6.07, 6.45) is 1.93. The molecule has 1 aromatic carbocycles. The number of benzene rings is 1. The van der Waals surface area contributed by atoms with Crippen molar-refractivity contribution in [1.29, 1.82) is 0 Å². The third kappa shape index (κ3) is 6.75. The van der Waals surface area contributed by atoms with Gasteiger partial charge in [-0.2, -0.15) is 0 Å². The van der Waals surface area contributed by atoms with Crippen LogP contribution in [-0.4, -0.2) is 75.2 Å². The van der Waals surface area contributed by atoms with Crippen LogP contribution in [0.1, 0.15) is 25.3 Å². The summed E-state index contributed by atoms with van der Waals surface area (Å²) in [5, 5.41) is 0. The van der Waals surface area contributed by atoms with Crippen molar-refractivity contribution in [3.05, 3.63) is 23.8 Å². The van der Waals surface area contributed by atoms with Gasteiger partial charge < -0.3 is 19.1 Å². The first kappa shape index (κ1) is 21.0. The third-order valence-corrected chi connectivity index (χ3v) is 4.64. The third-order valence-electron chi connectivity index (χ3n) is 4.64. The van der Waals surface area contributed by atoms with E-state index >= 15 is 0 Å². The van der Waals surface area contributed by atoms with E-state index in [1.807, 2.05) is 23.1 Å². The van der Waals surface area contributed by atoms with Crippen molar-refractivity contribution < 1.29 is 23.8 Å². The largest absolute Gasteiger partial charge is 0.497 e. The van der Waals surface area contributed by atoms with Crippen molar-refractivity contribution in [3.63, 3.8) is 0 Å². The molecule has 7 nitrogen and oxygen atoms in total. The lowest BCUT2D eigenvalue weighted by atomic mass is 10.1. The molecule has 7 heteroatoms. The Kier molecular flexibility index (Phi) is 8.39. The Labute approximate surface area is 161 Å². The molecule has 0 radical (unpaired) electrons. The molecule has 1 saturated heterocycles. The molecule has 1 heterocycles. The van der Waals surface area contributed by atoms with E-state index in [2.05, 4.69) is 4.90 Å². The van der Waals surface area contributed by atoms with Gasteiger partial charge in [-0.25, -0.2) is 0 Å². The summed E-state index contributed by atoms with van der Waals surface area (Å²) >= 11 is 0. The molecule has 0 aliphatic carbocycles. The summed E-state index contributed by atoms with van der Waals surface area (Å²) in [6, 6.07) is 5.68. The maximum absolute atomic E-state index is 12.6. The van der Waals surface area contributed by atoms with E-state index in [0.717, 1.165) is 36.6 Å². The SMILES string of the molecule is CCOC(=O)CN1CCCN(C(=O)CCc2cc(OC)cc(OC)c2)CC1. The zero-order valence-corrected chi connectivity index (χ0v) is 16.5. The van der Waals surface area contributed by atoms with Gasteiger partial charge in [-0.3, -0.25) is 14.5 Å². The standard InChI is InChI=1S/C20H30N2O5/c1-4-27-20(24)15-21-8-5-9-22(11-10-21)19(23)7-6-16-12-17(25-2)14-18(13-16)26-3/h12-14H,4-11,15H2,1-3H3. The molecule has 27 heavy (non-hydrogen) atoms. The van der Waals surface area contributed by atoms with Gasteiger partial charge in [0.15, 0.2) is 0 Å². The molecule has 0 spiro atoms. The molecule has 1 amide bonds. The van der Waals surface area contributed by atoms with E-state index in [1.165, 1.54) is 0 Å². The number of hydrogen-bond donors (Lipinski definition) is 0. The van der Waals surface area contributed by atoms with Crippen molar-refractivity contribution in [2.24, 2.45) is 0 Å². The average molecular weight is 378 g/mol. The fourth-order valence-corrected chi connectivity index (χ4v) is 3.19. The second-order valence-corrected chi connectivity index (χ2v) is 6.54. The van der Waals surface area contributed by atoms with E-state index in [1.54, 1.807) is 21.1 Å². The van der Waals surface area contributed by atoms with E-state index in [-0.39, 0.29) is 11.9 Å². The first-order valence-electron chi connectivity index (χ1n) is 9.43. The van der Waals surface area contributed by atoms with Gasteiger partial charge in [0.2, 0.25) is 5.91 Å². The minimum atomic E-state index is -0.204. The highest BCUT2D eigenvalue weighted by atomic mass is 16.5. The number of nitrogens with zero attached hydrogens (tertiary/aromatic N) is 2. The van der Waals surface area contributed by atoms with Crippen LogP contribution in [0.2, 0.25) is 0 Å². The Morgan fingerprint density at radius 3 is 2.33 bits per heavy atom. The van der Waals surface area contributed by atoms with Crippen molar-refractivity contribution >= 4 is 11.9 Å². The maximum Gasteiger partial charge on any atom is 0.320 e. The normalized spacial score (nSPS) is 15.1. The Balaban J connectivity index is 1.85. The van der Waals surface area contributed by atoms with Crippen LogP contribution in [0.4, 0.5) is 0 Å². The zero-order chi connectivity index (χ0) is 19.6. The molecule has 0 saturated carbocycles. The van der Waals surface area contributed by atoms with Gasteiger partial charge in [0.25, 0.3) is 0 Å². The Morgan fingerprint density at radius 2 is 1.70 bits per heavy atom. The van der Waals surface area contributed by atoms with Crippen LogP contribution in [0.3, 0.4) is 0 Å². The molecule has 1 fully saturated rings. The summed E-state index contributed by atoms with van der Waals surface area (Å²) in [6.45, 7) is 5.34. The van der Waals surface area contributed by atoms with Gasteiger partial charge in [-0.15, -0.1) is 0 Å². The molecular formula is C20H30N2O5. The summed E-state index contributed by atoms with van der Waals surface area (Å²) in [7, 11) is 3.23. The van der Waals surface area contributed by atoms with Gasteiger partial charge >= 0.3 is 5.97 Å². The average Bonchev–Trinajstić information content (AvgIpc) is 2.91. The van der Waals surface area contributed by atoms with Gasteiger partial charge in [0.1, 0.15) is 11.5 Å². The summed E-state index contributed by atoms with van der Waals surface area (Å²) in [5.74, 6) is 1.38. The van der Waals surface area contributed by atoms with Gasteiger partial charge in [-0.1, -0.05) is 0 Å². The minimum absolute atomic E-state index is 0.134. The van der Waals surface area contributed by atoms with E-state index in [4.69, 9.17) is 14.2 Å². The van der Waals surface area contributed by atoms with E-state index < -0.39 is 0 Å². The lowest BCUT2D eigenvalue weighted by Gasteiger charge is -2.21. The number of rotatable bonds is 8. The molecule has 0 aromatic heterocycles. The quantitative estimate of drug-likeness (QED) is 0.642. The molecule has 1 aromatic rings. The van der Waals surface area contributed by atoms with Crippen LogP contribution >= 0.6 is 0 Å². The van der Waals surface area contributed by atoms with E-state index in [0.29, 0.717) is 39.1 Å². The number of carbonyl (C=O) groups excluding carboxylic acids is 2. The predicted molar refractivity (Wildman–Crippen MR) is 102 cm³/mol. The molecule has 0 bridgehead atoms. The first-order chi connectivity index (χ1) is 13.0. The summed E-state index contributed by atoms with van der Waals surface area (Å²) in [5.41, 5.74) is 1.01. The summed E-state index contributed by atoms with van der Waals surface area (Å²) < 4.78 is 15.6. The van der Waals surface area contributed by atoms with E-state index in [9.17, 15) is 9.59 Å². The molecule has 150 valence electrons. The first-order valence-corrected chi connectivity index (χ1v) is 9.43. The maximum atomic E-state index is 12.6. The topological polar surface area (TPSA) is 68.3 Å². The van der Waals surface area contributed by atoms with Crippen LogP contribution < -0.4 is 9.47 Å². The predicted octanol–water partition coefficient (Wildman–Crippen LogP) is 1.73. The van der Waals surface area contributed by atoms with Crippen molar-refractivity contribution in [1.82, 2.24) is 9.80 Å². The highest BCUT2D eigenvalue weighted by Gasteiger charge is 2.20. The van der Waals surface area contributed by atoms with Gasteiger partial charge in [0.05, 0.1) is 27.4 Å². The van der Waals surface area contributed by atoms with Gasteiger partial charge in [0, 0.05) is 38.7 Å². The molecule has 1 aliphatic rings. The number of carbonyl (C=O) groups is 2. The highest BCUT2D eigenvalue weighted by molar-refractivity contribution is 5.76. The monoisotopic (exact) mass is 378 g/mol. The number of aryl methyl sites for hydroxylation is 1. The van der Waals surface area contributed by atoms with Crippen LogP contribution in [0.15, 0.2) is 18.2 Å². The van der Waals surface area contributed by atoms with Crippen molar-refractivity contribution in [2.75, 3.05) is 53.6 Å². The number of hydrogen-bond acceptors (Lipinski definition) is 6. The minimum Gasteiger partial charge on any atom is -0.497 e. The molecule has 0 unspecified atom stereocenters. The molecule has 1 aliphatic heterocycles. The fraction of sp³-hybridized carbons (Fsp3) is 0.600. The number of esters is 1. The molecular weight excluding hydrogens is 348 g/mol. The van der Waals surface area contributed by atoms with Gasteiger partial charge in [-0.05, 0) is 37.5 Å². The Hall–Kier alpha value is -2.28. The second kappa shape index (κ2) is 10.8. The lowest BCUT2D eigenvalue weighted by molar-refractivity contribution is -0.144. The smallest absolute Gasteiger partial charge is 0.320 e. The van der Waals surface area contributed by atoms with Crippen molar-refractivity contribution in [3.8, 4) is 11.5 Å². The van der Waals surface area contributed by atoms with Crippen LogP contribution in [-0.2, 0) is 20.7 Å². The second-order valence-electron chi connectivity index (χ2n) is 6.54. The lowest BCUT2D eigenvalue weighted by Crippen LogP contribution is -2.37. The fourth-order valence-electron chi connectivity index (χ4n) is 3.19. The number of methoxy groups -OCH3 is 2.